The van der Waals surface area contributed by atoms with Crippen molar-refractivity contribution in [3.63, 3.8) is 0 Å². The van der Waals surface area contributed by atoms with Crippen molar-refractivity contribution in [3.05, 3.63) is 34.3 Å². The van der Waals surface area contributed by atoms with Gasteiger partial charge in [0.1, 0.15) is 0 Å². The molecule has 2 unspecified atom stereocenters. The number of hydrogen-bond acceptors (Lipinski definition) is 1. The largest absolute Gasteiger partial charge is 0.335 e. The number of hydrogen-bond donors (Lipinski definition) is 0. The summed E-state index contributed by atoms with van der Waals surface area (Å²) in [5.74, 6) is 0.713. The van der Waals surface area contributed by atoms with E-state index in [2.05, 4.69) is 38.8 Å². The lowest BCUT2D eigenvalue weighted by atomic mass is 10.0. The lowest BCUT2D eigenvalue weighted by Gasteiger charge is -2.25. The van der Waals surface area contributed by atoms with E-state index in [0.717, 1.165) is 28.3 Å². The van der Waals surface area contributed by atoms with Gasteiger partial charge in [-0.1, -0.05) is 44.8 Å². The van der Waals surface area contributed by atoms with Gasteiger partial charge in [-0.25, -0.2) is 0 Å². The van der Waals surface area contributed by atoms with Crippen LogP contribution in [0.4, 0.5) is 0 Å². The first kappa shape index (κ1) is 13.1. The van der Waals surface area contributed by atoms with E-state index in [4.69, 9.17) is 0 Å². The van der Waals surface area contributed by atoms with Crippen molar-refractivity contribution in [1.82, 2.24) is 4.90 Å². The summed E-state index contributed by atoms with van der Waals surface area (Å²) in [6.45, 7) is 3.07. The predicted octanol–water partition coefficient (Wildman–Crippen LogP) is 3.69. The van der Waals surface area contributed by atoms with Gasteiger partial charge in [0.05, 0.1) is 0 Å². The molecule has 17 heavy (non-hydrogen) atoms. The van der Waals surface area contributed by atoms with Gasteiger partial charge in [-0.2, -0.15) is 0 Å². The quantitative estimate of drug-likeness (QED) is 0.736. The fourth-order valence-corrected chi connectivity index (χ4v) is 3.67. The molecule has 1 heterocycles. The molecule has 0 aliphatic carbocycles. The summed E-state index contributed by atoms with van der Waals surface area (Å²) in [7, 11) is 0. The van der Waals surface area contributed by atoms with Crippen LogP contribution in [0.25, 0.3) is 0 Å². The van der Waals surface area contributed by atoms with Crippen molar-refractivity contribution < 1.29 is 4.79 Å². The van der Waals surface area contributed by atoms with E-state index in [1.807, 2.05) is 29.2 Å². The third-order valence-electron chi connectivity index (χ3n) is 3.37. The molecular formula is C13H15Br2NO. The molecular weight excluding hydrogens is 346 g/mol. The van der Waals surface area contributed by atoms with Crippen LogP contribution < -0.4 is 0 Å². The zero-order valence-electron chi connectivity index (χ0n) is 9.70. The molecule has 2 rings (SSSR count). The fraction of sp³-hybridized carbons (Fsp3) is 0.462. The Balaban J connectivity index is 2.20. The van der Waals surface area contributed by atoms with Crippen LogP contribution in [-0.2, 0) is 0 Å². The molecule has 1 aliphatic rings. The third-order valence-corrected chi connectivity index (χ3v) is 4.53. The highest BCUT2D eigenvalue weighted by Crippen LogP contribution is 2.27. The number of alkyl halides is 1. The average Bonchev–Trinajstić information content (AvgIpc) is 2.69. The smallest absolute Gasteiger partial charge is 0.254 e. The summed E-state index contributed by atoms with van der Waals surface area (Å²) in [5.41, 5.74) is 0.763. The van der Waals surface area contributed by atoms with Gasteiger partial charge in [-0.05, 0) is 30.5 Å². The van der Waals surface area contributed by atoms with Crippen LogP contribution in [0.5, 0.6) is 0 Å². The lowest BCUT2D eigenvalue weighted by molar-refractivity contribution is 0.0738. The van der Waals surface area contributed by atoms with E-state index >= 15 is 0 Å². The van der Waals surface area contributed by atoms with Crippen LogP contribution in [-0.4, -0.2) is 28.7 Å². The third kappa shape index (κ3) is 2.74. The molecule has 1 aliphatic heterocycles. The second-order valence-electron chi connectivity index (χ2n) is 4.50. The van der Waals surface area contributed by atoms with E-state index in [9.17, 15) is 4.79 Å². The van der Waals surface area contributed by atoms with E-state index in [1.54, 1.807) is 0 Å². The minimum absolute atomic E-state index is 0.139. The van der Waals surface area contributed by atoms with Gasteiger partial charge in [-0.15, -0.1) is 0 Å². The first-order valence-electron chi connectivity index (χ1n) is 5.76. The lowest BCUT2D eigenvalue weighted by Crippen LogP contribution is -2.38. The zero-order chi connectivity index (χ0) is 12.4. The van der Waals surface area contributed by atoms with E-state index in [0.29, 0.717) is 12.0 Å². The second-order valence-corrected chi connectivity index (χ2v) is 6.06. The Hall–Kier alpha value is -0.350. The minimum atomic E-state index is 0.139. The summed E-state index contributed by atoms with van der Waals surface area (Å²) in [6, 6.07) is 7.92. The molecule has 0 saturated carbocycles. The van der Waals surface area contributed by atoms with Crippen molar-refractivity contribution in [2.45, 2.75) is 19.4 Å². The van der Waals surface area contributed by atoms with E-state index < -0.39 is 0 Å². The van der Waals surface area contributed by atoms with E-state index in [-0.39, 0.29) is 5.91 Å². The number of nitrogens with zero attached hydrogens (tertiary/aromatic N) is 1. The number of likely N-dealkylation sites (tertiary alicyclic amines) is 1. The molecule has 0 aromatic heterocycles. The normalized spacial score (nSPS) is 24.1. The van der Waals surface area contributed by atoms with Crippen LogP contribution >= 0.6 is 31.9 Å². The molecule has 4 heteroatoms. The second kappa shape index (κ2) is 5.53. The monoisotopic (exact) mass is 359 g/mol. The Morgan fingerprint density at radius 3 is 2.94 bits per heavy atom. The van der Waals surface area contributed by atoms with Crippen LogP contribution in [0, 0.1) is 5.92 Å². The van der Waals surface area contributed by atoms with Crippen molar-refractivity contribution in [3.8, 4) is 0 Å². The highest BCUT2D eigenvalue weighted by Gasteiger charge is 2.33. The summed E-state index contributed by atoms with van der Waals surface area (Å²) >= 11 is 6.91. The minimum Gasteiger partial charge on any atom is -0.335 e. The molecule has 1 fully saturated rings. The summed E-state index contributed by atoms with van der Waals surface area (Å²) in [5, 5.41) is 0.855. The highest BCUT2D eigenvalue weighted by atomic mass is 79.9. The van der Waals surface area contributed by atoms with Gasteiger partial charge in [0.15, 0.2) is 0 Å². The van der Waals surface area contributed by atoms with Crippen molar-refractivity contribution in [2.75, 3.05) is 11.9 Å². The van der Waals surface area contributed by atoms with Crippen molar-refractivity contribution >= 4 is 37.8 Å². The summed E-state index contributed by atoms with van der Waals surface area (Å²) in [6.07, 6.45) is 1.09. The summed E-state index contributed by atoms with van der Waals surface area (Å²) in [4.78, 5) is 14.4. The van der Waals surface area contributed by atoms with Gasteiger partial charge in [-0.3, -0.25) is 4.79 Å². The molecule has 0 spiro atoms. The number of amides is 1. The van der Waals surface area contributed by atoms with Gasteiger partial charge in [0.25, 0.3) is 5.91 Å². The fourth-order valence-electron chi connectivity index (χ4n) is 2.28. The standard InChI is InChI=1S/C13H15Br2NO/c1-9-5-6-16(12(9)8-14)13(17)10-3-2-4-11(15)7-10/h2-4,7,9,12H,5-6,8H2,1H3. The van der Waals surface area contributed by atoms with Crippen LogP contribution in [0.3, 0.4) is 0 Å². The number of carbonyl (C=O) groups excluding carboxylic acids is 1. The van der Waals surface area contributed by atoms with Gasteiger partial charge >= 0.3 is 0 Å². The zero-order valence-corrected chi connectivity index (χ0v) is 12.9. The molecule has 2 nitrogen and oxygen atoms in total. The Morgan fingerprint density at radius 2 is 2.29 bits per heavy atom. The maximum absolute atomic E-state index is 12.4. The van der Waals surface area contributed by atoms with Gasteiger partial charge < -0.3 is 4.90 Å². The Labute approximate surface area is 119 Å². The first-order valence-corrected chi connectivity index (χ1v) is 7.67. The number of benzene rings is 1. The maximum Gasteiger partial charge on any atom is 0.254 e. The van der Waals surface area contributed by atoms with Crippen molar-refractivity contribution in [2.24, 2.45) is 5.92 Å². The molecule has 1 amide bonds. The first-order chi connectivity index (χ1) is 8.13. The number of rotatable bonds is 2. The molecule has 1 aromatic carbocycles. The number of carbonyl (C=O) groups is 1. The van der Waals surface area contributed by atoms with Crippen LogP contribution in [0.1, 0.15) is 23.7 Å². The van der Waals surface area contributed by atoms with E-state index in [1.165, 1.54) is 0 Å². The molecule has 92 valence electrons. The molecule has 1 saturated heterocycles. The summed E-state index contributed by atoms with van der Waals surface area (Å²) < 4.78 is 0.950. The van der Waals surface area contributed by atoms with Crippen LogP contribution in [0.2, 0.25) is 0 Å². The average molecular weight is 361 g/mol. The molecule has 1 aromatic rings. The van der Waals surface area contributed by atoms with Gasteiger partial charge in [0, 0.05) is 28.0 Å². The van der Waals surface area contributed by atoms with Crippen molar-refractivity contribution in [1.29, 1.82) is 0 Å². The van der Waals surface area contributed by atoms with Gasteiger partial charge in [0.2, 0.25) is 0 Å². The Kier molecular flexibility index (Phi) is 4.26. The SMILES string of the molecule is CC1CCN(C(=O)c2cccc(Br)c2)C1CBr. The molecule has 0 radical (unpaired) electrons. The predicted molar refractivity (Wildman–Crippen MR) is 76.5 cm³/mol. The number of halogens is 2. The molecule has 0 bridgehead atoms. The molecule has 2 atom stereocenters. The maximum atomic E-state index is 12.4. The molecule has 0 N–H and O–H groups in total. The highest BCUT2D eigenvalue weighted by molar-refractivity contribution is 9.10. The Bertz CT molecular complexity index is 422. The Morgan fingerprint density at radius 1 is 1.53 bits per heavy atom. The van der Waals surface area contributed by atoms with Crippen LogP contribution in [0.15, 0.2) is 28.7 Å². The topological polar surface area (TPSA) is 20.3 Å².